The summed E-state index contributed by atoms with van der Waals surface area (Å²) in [5, 5.41) is 38.2. The lowest BCUT2D eigenvalue weighted by atomic mass is 9.91. The van der Waals surface area contributed by atoms with Crippen LogP contribution in [0.3, 0.4) is 0 Å². The topological polar surface area (TPSA) is 90.2 Å². The number of ether oxygens (including phenoxy) is 1. The molecule has 1 aliphatic heterocycles. The molecule has 1 saturated heterocycles. The zero-order valence-electron chi connectivity index (χ0n) is 9.18. The van der Waals surface area contributed by atoms with Crippen LogP contribution < -0.4 is 0 Å². The standard InChI is InChI=1S/C12H16O5/c13-6-8-9(14)10(15)11(16)12(17-8)7-4-2-1-3-5-7/h1-5,8-16H,6H2/t8-,9+,10+,11-,12+/m1/s1. The molecular weight excluding hydrogens is 224 g/mol. The minimum absolute atomic E-state index is 0.408. The maximum atomic E-state index is 9.86. The SMILES string of the molecule is OC[C@H]1O[C@@H](c2ccccc2)[C@H](O)[C@@H](O)[C@H]1O. The third kappa shape index (κ3) is 2.34. The van der Waals surface area contributed by atoms with Crippen molar-refractivity contribution >= 4 is 0 Å². The Kier molecular flexibility index (Phi) is 3.76. The van der Waals surface area contributed by atoms with E-state index in [2.05, 4.69) is 0 Å². The maximum Gasteiger partial charge on any atom is 0.113 e. The molecule has 0 unspecified atom stereocenters. The number of benzene rings is 1. The van der Waals surface area contributed by atoms with Gasteiger partial charge in [0.1, 0.15) is 30.5 Å². The number of rotatable bonds is 2. The average molecular weight is 240 g/mol. The fourth-order valence-corrected chi connectivity index (χ4v) is 2.02. The highest BCUT2D eigenvalue weighted by molar-refractivity contribution is 5.20. The van der Waals surface area contributed by atoms with E-state index in [4.69, 9.17) is 9.84 Å². The van der Waals surface area contributed by atoms with Crippen LogP contribution in [0.25, 0.3) is 0 Å². The fourth-order valence-electron chi connectivity index (χ4n) is 2.02. The smallest absolute Gasteiger partial charge is 0.113 e. The largest absolute Gasteiger partial charge is 0.394 e. The van der Waals surface area contributed by atoms with Crippen LogP contribution in [0.1, 0.15) is 11.7 Å². The molecule has 1 fully saturated rings. The molecular formula is C12H16O5. The van der Waals surface area contributed by atoms with Crippen molar-refractivity contribution in [3.8, 4) is 0 Å². The number of aliphatic hydroxyl groups excluding tert-OH is 4. The van der Waals surface area contributed by atoms with E-state index in [9.17, 15) is 15.3 Å². The van der Waals surface area contributed by atoms with Gasteiger partial charge in [0.15, 0.2) is 0 Å². The highest BCUT2D eigenvalue weighted by atomic mass is 16.5. The normalized spacial score (nSPS) is 38.0. The molecule has 1 aromatic carbocycles. The molecule has 94 valence electrons. The Labute approximate surface area is 98.9 Å². The number of aliphatic hydroxyl groups is 4. The highest BCUT2D eigenvalue weighted by Gasteiger charge is 2.43. The van der Waals surface area contributed by atoms with Crippen LogP contribution in [-0.2, 0) is 4.74 Å². The van der Waals surface area contributed by atoms with E-state index in [1.54, 1.807) is 24.3 Å². The summed E-state index contributed by atoms with van der Waals surface area (Å²) in [4.78, 5) is 0. The van der Waals surface area contributed by atoms with Crippen LogP contribution in [0.5, 0.6) is 0 Å². The predicted octanol–water partition coefficient (Wildman–Crippen LogP) is -0.799. The third-order valence-electron chi connectivity index (χ3n) is 3.02. The van der Waals surface area contributed by atoms with Gasteiger partial charge >= 0.3 is 0 Å². The van der Waals surface area contributed by atoms with E-state index in [1.165, 1.54) is 0 Å². The molecule has 0 aromatic heterocycles. The number of hydrogen-bond acceptors (Lipinski definition) is 5. The first-order valence-corrected chi connectivity index (χ1v) is 5.50. The maximum absolute atomic E-state index is 9.86. The van der Waals surface area contributed by atoms with Gasteiger partial charge in [-0.3, -0.25) is 0 Å². The van der Waals surface area contributed by atoms with Gasteiger partial charge in [0, 0.05) is 0 Å². The van der Waals surface area contributed by atoms with Crippen molar-refractivity contribution in [2.75, 3.05) is 6.61 Å². The molecule has 0 bridgehead atoms. The molecule has 1 aliphatic rings. The van der Waals surface area contributed by atoms with Gasteiger partial charge in [-0.05, 0) is 5.56 Å². The van der Waals surface area contributed by atoms with Crippen molar-refractivity contribution in [1.82, 2.24) is 0 Å². The van der Waals surface area contributed by atoms with Crippen LogP contribution >= 0.6 is 0 Å². The van der Waals surface area contributed by atoms with Gasteiger partial charge in [0.05, 0.1) is 6.61 Å². The Balaban J connectivity index is 2.23. The van der Waals surface area contributed by atoms with Crippen molar-refractivity contribution in [2.45, 2.75) is 30.5 Å². The van der Waals surface area contributed by atoms with E-state index in [0.717, 1.165) is 0 Å². The van der Waals surface area contributed by atoms with Crippen molar-refractivity contribution in [2.24, 2.45) is 0 Å². The van der Waals surface area contributed by atoms with E-state index >= 15 is 0 Å². The molecule has 5 nitrogen and oxygen atoms in total. The summed E-state index contributed by atoms with van der Waals surface area (Å²) in [7, 11) is 0. The average Bonchev–Trinajstić information content (AvgIpc) is 2.37. The molecule has 17 heavy (non-hydrogen) atoms. The van der Waals surface area contributed by atoms with Gasteiger partial charge in [-0.2, -0.15) is 0 Å². The summed E-state index contributed by atoms with van der Waals surface area (Å²) in [6.45, 7) is -0.408. The first kappa shape index (κ1) is 12.5. The van der Waals surface area contributed by atoms with Crippen molar-refractivity contribution in [3.05, 3.63) is 35.9 Å². The van der Waals surface area contributed by atoms with Gasteiger partial charge in [-0.15, -0.1) is 0 Å². The molecule has 0 radical (unpaired) electrons. The quantitative estimate of drug-likeness (QED) is 0.543. The van der Waals surface area contributed by atoms with Gasteiger partial charge < -0.3 is 25.2 Å². The zero-order valence-corrected chi connectivity index (χ0v) is 9.18. The van der Waals surface area contributed by atoms with Crippen LogP contribution in [-0.4, -0.2) is 51.4 Å². The molecule has 0 aliphatic carbocycles. The van der Waals surface area contributed by atoms with Crippen LogP contribution in [0, 0.1) is 0 Å². The van der Waals surface area contributed by atoms with E-state index < -0.39 is 37.1 Å². The molecule has 1 aromatic rings. The lowest BCUT2D eigenvalue weighted by Gasteiger charge is -2.40. The van der Waals surface area contributed by atoms with E-state index in [1.807, 2.05) is 6.07 Å². The summed E-state index contributed by atoms with van der Waals surface area (Å²) in [6, 6.07) is 8.92. The molecule has 4 N–H and O–H groups in total. The second-order valence-corrected chi connectivity index (χ2v) is 4.16. The zero-order chi connectivity index (χ0) is 12.4. The fraction of sp³-hybridized carbons (Fsp3) is 0.500. The molecule has 0 spiro atoms. The molecule has 2 rings (SSSR count). The van der Waals surface area contributed by atoms with Crippen LogP contribution in [0.15, 0.2) is 30.3 Å². The molecule has 1 heterocycles. The van der Waals surface area contributed by atoms with Gasteiger partial charge in [-0.25, -0.2) is 0 Å². The Morgan fingerprint density at radius 1 is 0.941 bits per heavy atom. The second-order valence-electron chi connectivity index (χ2n) is 4.16. The van der Waals surface area contributed by atoms with Crippen molar-refractivity contribution < 1.29 is 25.2 Å². The third-order valence-corrected chi connectivity index (χ3v) is 3.02. The van der Waals surface area contributed by atoms with Gasteiger partial charge in [0.25, 0.3) is 0 Å². The monoisotopic (exact) mass is 240 g/mol. The first-order chi connectivity index (χ1) is 8.15. The van der Waals surface area contributed by atoms with Gasteiger partial charge in [-0.1, -0.05) is 30.3 Å². The minimum Gasteiger partial charge on any atom is -0.394 e. The highest BCUT2D eigenvalue weighted by Crippen LogP contribution is 2.31. The lowest BCUT2D eigenvalue weighted by molar-refractivity contribution is -0.231. The summed E-state index contributed by atoms with van der Waals surface area (Å²) < 4.78 is 5.41. The Bertz CT molecular complexity index is 353. The Hall–Kier alpha value is -0.980. The molecule has 0 saturated carbocycles. The molecule has 5 atom stereocenters. The molecule has 5 heteroatoms. The summed E-state index contributed by atoms with van der Waals surface area (Å²) in [5.74, 6) is 0. The predicted molar refractivity (Wildman–Crippen MR) is 59.2 cm³/mol. The Morgan fingerprint density at radius 3 is 2.18 bits per heavy atom. The summed E-state index contributed by atoms with van der Waals surface area (Å²) >= 11 is 0. The van der Waals surface area contributed by atoms with Gasteiger partial charge in [0.2, 0.25) is 0 Å². The van der Waals surface area contributed by atoms with Crippen molar-refractivity contribution in [3.63, 3.8) is 0 Å². The Morgan fingerprint density at radius 2 is 1.59 bits per heavy atom. The molecule has 0 amide bonds. The summed E-state index contributed by atoms with van der Waals surface area (Å²) in [6.07, 6.45) is -5.46. The minimum atomic E-state index is -1.33. The van der Waals surface area contributed by atoms with Crippen LogP contribution in [0.2, 0.25) is 0 Å². The van der Waals surface area contributed by atoms with Crippen LogP contribution in [0.4, 0.5) is 0 Å². The van der Waals surface area contributed by atoms with E-state index in [0.29, 0.717) is 5.56 Å². The lowest BCUT2D eigenvalue weighted by Crippen LogP contribution is -2.55. The summed E-state index contributed by atoms with van der Waals surface area (Å²) in [5.41, 5.74) is 0.699. The second kappa shape index (κ2) is 5.12. The first-order valence-electron chi connectivity index (χ1n) is 5.50. The van der Waals surface area contributed by atoms with Crippen molar-refractivity contribution in [1.29, 1.82) is 0 Å². The number of hydrogen-bond donors (Lipinski definition) is 4. The van der Waals surface area contributed by atoms with E-state index in [-0.39, 0.29) is 0 Å².